The van der Waals surface area contributed by atoms with Gasteiger partial charge in [-0.25, -0.2) is 4.98 Å². The summed E-state index contributed by atoms with van der Waals surface area (Å²) in [4.78, 5) is 32.8. The number of aromatic amines is 1. The lowest BCUT2D eigenvalue weighted by atomic mass is 10.1. The summed E-state index contributed by atoms with van der Waals surface area (Å²) < 4.78 is 1.35. The van der Waals surface area contributed by atoms with E-state index in [2.05, 4.69) is 27.4 Å². The number of benzene rings is 2. The van der Waals surface area contributed by atoms with Gasteiger partial charge in [-0.1, -0.05) is 42.0 Å². The van der Waals surface area contributed by atoms with Gasteiger partial charge >= 0.3 is 0 Å². The largest absolute Gasteiger partial charge is 0.352 e. The standard InChI is InChI=1S/C23H24N4O2/c1-15-8-11-19-18(12-15)21-22(26-19)23(29)27(14-24-21)13-20(28)25-16(2)9-10-17-6-4-3-5-7-17/h3-8,11-12,14,16,26H,9-10,13H2,1-2H3,(H,25,28). The van der Waals surface area contributed by atoms with E-state index in [4.69, 9.17) is 0 Å². The van der Waals surface area contributed by atoms with Gasteiger partial charge in [-0.3, -0.25) is 14.2 Å². The van der Waals surface area contributed by atoms with Crippen molar-refractivity contribution < 1.29 is 4.79 Å². The smallest absolute Gasteiger partial charge is 0.278 e. The Morgan fingerprint density at radius 1 is 1.21 bits per heavy atom. The van der Waals surface area contributed by atoms with Crippen LogP contribution >= 0.6 is 0 Å². The number of hydrogen-bond donors (Lipinski definition) is 2. The Bertz CT molecular complexity index is 1220. The van der Waals surface area contributed by atoms with Gasteiger partial charge in [0, 0.05) is 16.9 Å². The lowest BCUT2D eigenvalue weighted by Gasteiger charge is -2.14. The summed E-state index contributed by atoms with van der Waals surface area (Å²) >= 11 is 0. The predicted octanol–water partition coefficient (Wildman–Crippen LogP) is 3.32. The number of rotatable bonds is 6. The highest BCUT2D eigenvalue weighted by Gasteiger charge is 2.14. The van der Waals surface area contributed by atoms with Crippen molar-refractivity contribution in [2.24, 2.45) is 0 Å². The average Bonchev–Trinajstić information content (AvgIpc) is 3.08. The molecule has 1 unspecified atom stereocenters. The number of aryl methyl sites for hydroxylation is 2. The lowest BCUT2D eigenvalue weighted by Crippen LogP contribution is -2.37. The first-order valence-corrected chi connectivity index (χ1v) is 9.82. The maximum atomic E-state index is 12.8. The highest BCUT2D eigenvalue weighted by molar-refractivity contribution is 6.04. The topological polar surface area (TPSA) is 79.8 Å². The van der Waals surface area contributed by atoms with Crippen molar-refractivity contribution in [3.63, 3.8) is 0 Å². The fourth-order valence-electron chi connectivity index (χ4n) is 3.59. The molecule has 148 valence electrons. The van der Waals surface area contributed by atoms with Crippen LogP contribution in [0.25, 0.3) is 21.9 Å². The minimum atomic E-state index is -0.240. The minimum absolute atomic E-state index is 0.0196. The van der Waals surface area contributed by atoms with Gasteiger partial charge in [0.05, 0.1) is 6.33 Å². The first kappa shape index (κ1) is 18.9. The highest BCUT2D eigenvalue weighted by Crippen LogP contribution is 2.22. The molecule has 2 N–H and O–H groups in total. The van der Waals surface area contributed by atoms with Gasteiger partial charge in [0.2, 0.25) is 5.91 Å². The Labute approximate surface area is 168 Å². The highest BCUT2D eigenvalue weighted by atomic mass is 16.2. The number of carbonyl (C=O) groups excluding carboxylic acids is 1. The zero-order valence-electron chi connectivity index (χ0n) is 16.6. The van der Waals surface area contributed by atoms with E-state index >= 15 is 0 Å². The van der Waals surface area contributed by atoms with Gasteiger partial charge in [-0.15, -0.1) is 0 Å². The number of fused-ring (bicyclic) bond motifs is 3. The van der Waals surface area contributed by atoms with Crippen LogP contribution in [0, 0.1) is 6.92 Å². The number of nitrogens with zero attached hydrogens (tertiary/aromatic N) is 2. The van der Waals surface area contributed by atoms with Crippen molar-refractivity contribution in [2.75, 3.05) is 0 Å². The summed E-state index contributed by atoms with van der Waals surface area (Å²) in [5.74, 6) is -0.194. The van der Waals surface area contributed by atoms with E-state index in [0.29, 0.717) is 11.0 Å². The van der Waals surface area contributed by atoms with E-state index in [1.54, 1.807) is 0 Å². The summed E-state index contributed by atoms with van der Waals surface area (Å²) in [6, 6.07) is 16.1. The molecule has 0 aliphatic rings. The summed E-state index contributed by atoms with van der Waals surface area (Å²) in [7, 11) is 0. The zero-order valence-corrected chi connectivity index (χ0v) is 16.6. The third kappa shape index (κ3) is 4.06. The molecular formula is C23H24N4O2. The normalized spacial score (nSPS) is 12.3. The number of amides is 1. The van der Waals surface area contributed by atoms with Crippen LogP contribution in [-0.2, 0) is 17.8 Å². The molecule has 2 aromatic heterocycles. The molecule has 0 saturated heterocycles. The maximum absolute atomic E-state index is 12.8. The first-order chi connectivity index (χ1) is 14.0. The Hall–Kier alpha value is -3.41. The van der Waals surface area contributed by atoms with Crippen LogP contribution in [-0.4, -0.2) is 26.5 Å². The number of H-pyrrole nitrogens is 1. The van der Waals surface area contributed by atoms with Crippen molar-refractivity contribution in [2.45, 2.75) is 39.3 Å². The van der Waals surface area contributed by atoms with Crippen LogP contribution in [0.15, 0.2) is 59.7 Å². The Balaban J connectivity index is 1.46. The fourth-order valence-corrected chi connectivity index (χ4v) is 3.59. The van der Waals surface area contributed by atoms with E-state index in [1.165, 1.54) is 16.5 Å². The van der Waals surface area contributed by atoms with Crippen molar-refractivity contribution >= 4 is 27.8 Å². The number of nitrogens with one attached hydrogen (secondary N) is 2. The molecule has 0 fully saturated rings. The van der Waals surface area contributed by atoms with Crippen molar-refractivity contribution in [1.29, 1.82) is 0 Å². The molecule has 0 aliphatic heterocycles. The van der Waals surface area contributed by atoms with Crippen molar-refractivity contribution in [3.05, 3.63) is 76.3 Å². The number of carbonyl (C=O) groups is 1. The van der Waals surface area contributed by atoms with E-state index in [9.17, 15) is 9.59 Å². The molecule has 1 amide bonds. The number of hydrogen-bond acceptors (Lipinski definition) is 3. The Morgan fingerprint density at radius 2 is 2.00 bits per heavy atom. The minimum Gasteiger partial charge on any atom is -0.352 e. The third-order valence-electron chi connectivity index (χ3n) is 5.16. The quantitative estimate of drug-likeness (QED) is 0.532. The molecule has 4 rings (SSSR count). The van der Waals surface area contributed by atoms with E-state index in [0.717, 1.165) is 29.3 Å². The van der Waals surface area contributed by atoms with E-state index in [-0.39, 0.29) is 24.1 Å². The Morgan fingerprint density at radius 3 is 2.79 bits per heavy atom. The van der Waals surface area contributed by atoms with Gasteiger partial charge < -0.3 is 10.3 Å². The Kier molecular flexibility index (Phi) is 5.16. The van der Waals surface area contributed by atoms with Crippen LogP contribution in [0.2, 0.25) is 0 Å². The van der Waals surface area contributed by atoms with E-state index in [1.807, 2.05) is 50.2 Å². The molecule has 0 spiro atoms. The van der Waals surface area contributed by atoms with Crippen LogP contribution < -0.4 is 10.9 Å². The van der Waals surface area contributed by atoms with Gasteiger partial charge in [-0.05, 0) is 44.4 Å². The molecule has 0 bridgehead atoms. The molecule has 0 radical (unpaired) electrons. The maximum Gasteiger partial charge on any atom is 0.278 e. The molecule has 0 aliphatic carbocycles. The van der Waals surface area contributed by atoms with Crippen molar-refractivity contribution in [1.82, 2.24) is 19.9 Å². The molecule has 2 heterocycles. The summed E-state index contributed by atoms with van der Waals surface area (Å²) in [5.41, 5.74) is 4.05. The summed E-state index contributed by atoms with van der Waals surface area (Å²) in [6.45, 7) is 3.93. The molecule has 0 saturated carbocycles. The lowest BCUT2D eigenvalue weighted by molar-refractivity contribution is -0.122. The zero-order chi connectivity index (χ0) is 20.4. The van der Waals surface area contributed by atoms with Crippen LogP contribution in [0.5, 0.6) is 0 Å². The molecule has 1 atom stereocenters. The summed E-state index contributed by atoms with van der Waals surface area (Å²) in [6.07, 6.45) is 3.18. The second kappa shape index (κ2) is 7.91. The van der Waals surface area contributed by atoms with E-state index < -0.39 is 0 Å². The summed E-state index contributed by atoms with van der Waals surface area (Å²) in [5, 5.41) is 3.89. The van der Waals surface area contributed by atoms with Crippen LogP contribution in [0.4, 0.5) is 0 Å². The molecular weight excluding hydrogens is 364 g/mol. The van der Waals surface area contributed by atoms with Crippen molar-refractivity contribution in [3.8, 4) is 0 Å². The molecule has 2 aromatic carbocycles. The third-order valence-corrected chi connectivity index (χ3v) is 5.16. The van der Waals surface area contributed by atoms with Gasteiger partial charge in [-0.2, -0.15) is 0 Å². The second-order valence-corrected chi connectivity index (χ2v) is 7.57. The van der Waals surface area contributed by atoms with Gasteiger partial charge in [0.15, 0.2) is 0 Å². The van der Waals surface area contributed by atoms with Gasteiger partial charge in [0.25, 0.3) is 5.56 Å². The van der Waals surface area contributed by atoms with Crippen LogP contribution in [0.1, 0.15) is 24.5 Å². The van der Waals surface area contributed by atoms with Gasteiger partial charge in [0.1, 0.15) is 17.6 Å². The molecule has 4 aromatic rings. The monoisotopic (exact) mass is 388 g/mol. The second-order valence-electron chi connectivity index (χ2n) is 7.57. The van der Waals surface area contributed by atoms with Crippen LogP contribution in [0.3, 0.4) is 0 Å². The number of aromatic nitrogens is 3. The predicted molar refractivity (Wildman–Crippen MR) is 115 cm³/mol. The SMILES string of the molecule is Cc1ccc2[nH]c3c(=O)n(CC(=O)NC(C)CCc4ccccc4)cnc3c2c1. The fraction of sp³-hybridized carbons (Fsp3) is 0.261. The first-order valence-electron chi connectivity index (χ1n) is 9.82. The molecule has 29 heavy (non-hydrogen) atoms. The average molecular weight is 388 g/mol. The molecule has 6 nitrogen and oxygen atoms in total. The molecule has 6 heteroatoms.